The largest absolute Gasteiger partial charge is 0.507 e. The molecule has 1 unspecified atom stereocenters. The third-order valence-electron chi connectivity index (χ3n) is 3.06. The van der Waals surface area contributed by atoms with E-state index in [-0.39, 0.29) is 5.41 Å². The third-order valence-corrected chi connectivity index (χ3v) is 4.99. The maximum absolute atomic E-state index is 9.57. The first-order valence-electron chi connectivity index (χ1n) is 6.00. The van der Waals surface area contributed by atoms with Crippen LogP contribution in [0.25, 0.3) is 0 Å². The van der Waals surface area contributed by atoms with Gasteiger partial charge in [-0.3, -0.25) is 0 Å². The van der Waals surface area contributed by atoms with Crippen LogP contribution in [-0.2, 0) is 5.41 Å². The Kier molecular flexibility index (Phi) is 6.02. The molecule has 0 aromatic heterocycles. The molecule has 0 fully saturated rings. The molecule has 0 aliphatic heterocycles. The molecule has 1 rings (SSSR count). The Bertz CT molecular complexity index is 374. The van der Waals surface area contributed by atoms with Crippen LogP contribution in [0.1, 0.15) is 45.6 Å². The van der Waals surface area contributed by atoms with Crippen LogP contribution in [-0.4, -0.2) is 9.03 Å². The van der Waals surface area contributed by atoms with Crippen molar-refractivity contribution in [3.05, 3.63) is 27.3 Å². The van der Waals surface area contributed by atoms with Crippen LogP contribution in [0.3, 0.4) is 0 Å². The maximum Gasteiger partial charge on any atom is 0.128 e. The number of phenolic OH excluding ortho intramolecular Hbond substituents is 1. The van der Waals surface area contributed by atoms with E-state index in [1.54, 1.807) is 6.07 Å². The SMILES string of the molecule is CCCC(I)CC(C)(C)c1ccc(O)c(I)c1. The molecule has 0 saturated carbocycles. The fraction of sp³-hybridized carbons (Fsp3) is 0.571. The van der Waals surface area contributed by atoms with Crippen molar-refractivity contribution in [3.63, 3.8) is 0 Å². The summed E-state index contributed by atoms with van der Waals surface area (Å²) in [5.74, 6) is 0.379. The van der Waals surface area contributed by atoms with Gasteiger partial charge in [-0.25, -0.2) is 0 Å². The van der Waals surface area contributed by atoms with E-state index in [0.29, 0.717) is 5.75 Å². The topological polar surface area (TPSA) is 20.2 Å². The maximum atomic E-state index is 9.57. The van der Waals surface area contributed by atoms with Gasteiger partial charge in [0.1, 0.15) is 5.75 Å². The van der Waals surface area contributed by atoms with Crippen LogP contribution >= 0.6 is 45.2 Å². The van der Waals surface area contributed by atoms with Crippen LogP contribution in [0.5, 0.6) is 5.75 Å². The van der Waals surface area contributed by atoms with Gasteiger partial charge in [-0.05, 0) is 58.5 Å². The highest BCUT2D eigenvalue weighted by Crippen LogP contribution is 2.34. The summed E-state index contributed by atoms with van der Waals surface area (Å²) in [7, 11) is 0. The van der Waals surface area contributed by atoms with E-state index >= 15 is 0 Å². The highest BCUT2D eigenvalue weighted by atomic mass is 127. The van der Waals surface area contributed by atoms with Crippen molar-refractivity contribution in [2.45, 2.75) is 49.4 Å². The van der Waals surface area contributed by atoms with Crippen LogP contribution in [0.4, 0.5) is 0 Å². The van der Waals surface area contributed by atoms with Gasteiger partial charge in [-0.15, -0.1) is 0 Å². The van der Waals surface area contributed by atoms with Gasteiger partial charge >= 0.3 is 0 Å². The number of phenols is 1. The lowest BCUT2D eigenvalue weighted by atomic mass is 9.80. The molecule has 0 aliphatic carbocycles. The van der Waals surface area contributed by atoms with E-state index in [9.17, 15) is 5.11 Å². The van der Waals surface area contributed by atoms with Crippen LogP contribution in [0, 0.1) is 3.57 Å². The van der Waals surface area contributed by atoms with E-state index in [1.165, 1.54) is 24.8 Å². The molecule has 0 saturated heterocycles. The molecule has 1 atom stereocenters. The van der Waals surface area contributed by atoms with Crippen molar-refractivity contribution < 1.29 is 5.11 Å². The second-order valence-corrected chi connectivity index (χ2v) is 8.06. The molecular formula is C14H20I2O. The van der Waals surface area contributed by atoms with E-state index in [0.717, 1.165) is 7.49 Å². The average Bonchev–Trinajstić information content (AvgIpc) is 2.21. The monoisotopic (exact) mass is 458 g/mol. The zero-order valence-electron chi connectivity index (χ0n) is 10.6. The van der Waals surface area contributed by atoms with Gasteiger partial charge in [0.05, 0.1) is 3.57 Å². The summed E-state index contributed by atoms with van der Waals surface area (Å²) >= 11 is 4.75. The molecule has 0 radical (unpaired) electrons. The van der Waals surface area contributed by atoms with Gasteiger partial charge in [-0.2, -0.15) is 0 Å². The third kappa shape index (κ3) is 4.58. The van der Waals surface area contributed by atoms with Crippen LogP contribution in [0.2, 0.25) is 0 Å². The van der Waals surface area contributed by atoms with E-state index < -0.39 is 0 Å². The van der Waals surface area contributed by atoms with Crippen LogP contribution < -0.4 is 0 Å². The minimum atomic E-state index is 0.175. The number of benzene rings is 1. The van der Waals surface area contributed by atoms with E-state index in [2.05, 4.69) is 72.0 Å². The lowest BCUT2D eigenvalue weighted by Crippen LogP contribution is -2.22. The molecule has 1 N–H and O–H groups in total. The number of hydrogen-bond acceptors (Lipinski definition) is 1. The van der Waals surface area contributed by atoms with Gasteiger partial charge in [-0.1, -0.05) is 55.8 Å². The smallest absolute Gasteiger partial charge is 0.128 e. The molecule has 3 heteroatoms. The summed E-state index contributed by atoms with van der Waals surface area (Å²) in [5.41, 5.74) is 1.49. The number of alkyl halides is 1. The van der Waals surface area contributed by atoms with E-state index in [1.807, 2.05) is 6.07 Å². The molecule has 1 aromatic rings. The molecule has 0 amide bonds. The van der Waals surface area contributed by atoms with Crippen molar-refractivity contribution in [2.75, 3.05) is 0 Å². The molecule has 0 spiro atoms. The molecule has 17 heavy (non-hydrogen) atoms. The Morgan fingerprint density at radius 3 is 2.53 bits per heavy atom. The van der Waals surface area contributed by atoms with Crippen molar-refractivity contribution in [1.29, 1.82) is 0 Å². The molecule has 1 aromatic carbocycles. The summed E-state index contributed by atoms with van der Waals surface area (Å²) in [6.07, 6.45) is 3.71. The number of halogens is 2. The summed E-state index contributed by atoms with van der Waals surface area (Å²) < 4.78 is 1.66. The highest BCUT2D eigenvalue weighted by Gasteiger charge is 2.24. The Morgan fingerprint density at radius 2 is 2.00 bits per heavy atom. The quantitative estimate of drug-likeness (QED) is 0.471. The van der Waals surface area contributed by atoms with Crippen molar-refractivity contribution in [3.8, 4) is 5.75 Å². The first-order valence-corrected chi connectivity index (χ1v) is 8.32. The molecule has 1 nitrogen and oxygen atoms in total. The second kappa shape index (κ2) is 6.59. The molecule has 0 aliphatic rings. The Balaban J connectivity index is 2.84. The molecule has 0 bridgehead atoms. The van der Waals surface area contributed by atoms with Gasteiger partial charge in [0.2, 0.25) is 0 Å². The zero-order chi connectivity index (χ0) is 13.1. The number of rotatable bonds is 5. The standard InChI is InChI=1S/C14H20I2O/c1-4-5-11(15)9-14(2,3)10-6-7-13(17)12(16)8-10/h6-8,11,17H,4-5,9H2,1-3H3. The predicted molar refractivity (Wildman–Crippen MR) is 91.2 cm³/mol. The summed E-state index contributed by atoms with van der Waals surface area (Å²) in [6, 6.07) is 5.96. The first-order chi connectivity index (χ1) is 7.86. The number of aromatic hydroxyl groups is 1. The zero-order valence-corrected chi connectivity index (χ0v) is 14.9. The minimum Gasteiger partial charge on any atom is -0.507 e. The van der Waals surface area contributed by atoms with Gasteiger partial charge in [0.25, 0.3) is 0 Å². The first kappa shape index (κ1) is 15.5. The van der Waals surface area contributed by atoms with Gasteiger partial charge in [0, 0.05) is 3.92 Å². The fourth-order valence-corrected chi connectivity index (χ4v) is 4.25. The van der Waals surface area contributed by atoms with Crippen molar-refractivity contribution in [2.24, 2.45) is 0 Å². The predicted octanol–water partition coefficient (Wildman–Crippen LogP) is 5.27. The normalized spacial score (nSPS) is 13.7. The van der Waals surface area contributed by atoms with Gasteiger partial charge in [0.15, 0.2) is 0 Å². The molecule has 0 heterocycles. The summed E-state index contributed by atoms with van der Waals surface area (Å²) in [4.78, 5) is 0. The number of hydrogen-bond donors (Lipinski definition) is 1. The fourth-order valence-electron chi connectivity index (χ4n) is 2.01. The Hall–Kier alpha value is 0.480. The van der Waals surface area contributed by atoms with Crippen molar-refractivity contribution >= 4 is 45.2 Å². The Labute approximate surface area is 132 Å². The summed E-state index contributed by atoms with van der Waals surface area (Å²) in [5, 5.41) is 9.57. The van der Waals surface area contributed by atoms with Crippen LogP contribution in [0.15, 0.2) is 18.2 Å². The lowest BCUT2D eigenvalue weighted by molar-refractivity contribution is 0.457. The highest BCUT2D eigenvalue weighted by molar-refractivity contribution is 14.1. The van der Waals surface area contributed by atoms with E-state index in [4.69, 9.17) is 0 Å². The minimum absolute atomic E-state index is 0.175. The summed E-state index contributed by atoms with van der Waals surface area (Å²) in [6.45, 7) is 6.82. The van der Waals surface area contributed by atoms with Crippen molar-refractivity contribution in [1.82, 2.24) is 0 Å². The average molecular weight is 458 g/mol. The Morgan fingerprint density at radius 1 is 1.35 bits per heavy atom. The lowest BCUT2D eigenvalue weighted by Gasteiger charge is -2.28. The second-order valence-electron chi connectivity index (χ2n) is 5.14. The molecular weight excluding hydrogens is 438 g/mol. The van der Waals surface area contributed by atoms with Gasteiger partial charge < -0.3 is 5.11 Å². The molecule has 96 valence electrons.